The van der Waals surface area contributed by atoms with E-state index in [4.69, 9.17) is 0 Å². The van der Waals surface area contributed by atoms with Crippen LogP contribution in [0.5, 0.6) is 0 Å². The van der Waals surface area contributed by atoms with Crippen molar-refractivity contribution in [3.8, 4) is 0 Å². The van der Waals surface area contributed by atoms with E-state index in [9.17, 15) is 12.8 Å². The van der Waals surface area contributed by atoms with Gasteiger partial charge in [0.25, 0.3) is 0 Å². The molecule has 1 aromatic carbocycles. The maximum absolute atomic E-state index is 13.4. The fraction of sp³-hybridized carbons (Fsp3) is 0.467. The normalized spacial score (nSPS) is 22.0. The van der Waals surface area contributed by atoms with Crippen molar-refractivity contribution in [3.63, 3.8) is 0 Å². The Morgan fingerprint density at radius 1 is 1.39 bits per heavy atom. The fourth-order valence-electron chi connectivity index (χ4n) is 2.40. The Labute approximate surface area is 141 Å². The molecule has 1 unspecified atom stereocenters. The summed E-state index contributed by atoms with van der Waals surface area (Å²) in [6.45, 7) is 5.80. The van der Waals surface area contributed by atoms with Crippen LogP contribution in [0.4, 0.5) is 4.39 Å². The molecule has 23 heavy (non-hydrogen) atoms. The topological polar surface area (TPSA) is 61.4 Å². The number of rotatable bonds is 5. The van der Waals surface area contributed by atoms with Gasteiger partial charge in [-0.2, -0.15) is 4.72 Å². The highest BCUT2D eigenvalue weighted by Crippen LogP contribution is 2.39. The maximum Gasteiger partial charge on any atom is 0.212 e. The van der Waals surface area contributed by atoms with Crippen LogP contribution in [0.3, 0.4) is 0 Å². The number of benzene rings is 1. The van der Waals surface area contributed by atoms with Gasteiger partial charge in [0.2, 0.25) is 10.0 Å². The highest BCUT2D eigenvalue weighted by Gasteiger charge is 2.42. The number of thioether (sulfide) groups is 1. The molecule has 0 radical (unpaired) electrons. The molecule has 128 valence electrons. The van der Waals surface area contributed by atoms with Crippen LogP contribution in [-0.2, 0) is 10.0 Å². The zero-order valence-electron chi connectivity index (χ0n) is 13.8. The lowest BCUT2D eigenvalue weighted by Crippen LogP contribution is -2.61. The van der Waals surface area contributed by atoms with Gasteiger partial charge in [0.1, 0.15) is 5.82 Å². The largest absolute Gasteiger partial charge is 0.351 e. The first-order valence-electron chi connectivity index (χ1n) is 7.20. The number of halogens is 1. The van der Waals surface area contributed by atoms with Gasteiger partial charge in [-0.3, -0.25) is 0 Å². The van der Waals surface area contributed by atoms with E-state index in [0.29, 0.717) is 0 Å². The highest BCUT2D eigenvalue weighted by atomic mass is 32.2. The zero-order chi connectivity index (χ0) is 17.4. The quantitative estimate of drug-likeness (QED) is 0.846. The van der Waals surface area contributed by atoms with Crippen molar-refractivity contribution in [2.75, 3.05) is 13.3 Å². The Bertz CT molecular complexity index is 734. The summed E-state index contributed by atoms with van der Waals surface area (Å²) in [4.78, 5) is 2.59. The first-order valence-corrected chi connectivity index (χ1v) is 9.91. The second kappa shape index (κ2) is 6.33. The van der Waals surface area contributed by atoms with Gasteiger partial charge in [-0.05, 0) is 31.0 Å². The summed E-state index contributed by atoms with van der Waals surface area (Å²) in [6.07, 6.45) is 1.13. The Balaban J connectivity index is 2.36. The van der Waals surface area contributed by atoms with Gasteiger partial charge in [-0.1, -0.05) is 31.7 Å². The van der Waals surface area contributed by atoms with E-state index in [-0.39, 0.29) is 11.7 Å². The average Bonchev–Trinajstić information content (AvgIpc) is 2.62. The highest BCUT2D eigenvalue weighted by molar-refractivity contribution is 8.03. The first kappa shape index (κ1) is 18.1. The van der Waals surface area contributed by atoms with Crippen LogP contribution in [0, 0.1) is 11.7 Å². The number of allylic oxidation sites excluding steroid dienone is 1. The smallest absolute Gasteiger partial charge is 0.212 e. The van der Waals surface area contributed by atoms with Gasteiger partial charge in [-0.15, -0.1) is 0 Å². The third-order valence-corrected chi connectivity index (χ3v) is 5.50. The molecule has 0 fully saturated rings. The number of sulfonamides is 1. The second-order valence-electron chi connectivity index (χ2n) is 6.06. The third-order valence-electron chi connectivity index (χ3n) is 3.56. The van der Waals surface area contributed by atoms with Gasteiger partial charge in [0, 0.05) is 17.6 Å². The van der Waals surface area contributed by atoms with E-state index in [1.165, 1.54) is 23.9 Å². The summed E-state index contributed by atoms with van der Waals surface area (Å²) in [5, 5.41) is 4.12. The number of hydrogen-bond donors (Lipinski definition) is 2. The van der Waals surface area contributed by atoms with Crippen LogP contribution in [0.2, 0.25) is 0 Å². The standard InChI is InChI=1S/C15H22FN3O2S2/c1-10(2)13-14(22-12-8-6-7-11(16)9-12)19(4)15(3,17-13)18-23(5,20)21/h6-10,17-18H,1-5H3. The van der Waals surface area contributed by atoms with Crippen LogP contribution < -0.4 is 10.0 Å². The summed E-state index contributed by atoms with van der Waals surface area (Å²) in [6, 6.07) is 6.34. The molecule has 5 nitrogen and oxygen atoms in total. The molecular formula is C15H22FN3O2S2. The van der Waals surface area contributed by atoms with Crippen molar-refractivity contribution >= 4 is 21.8 Å². The van der Waals surface area contributed by atoms with E-state index in [2.05, 4.69) is 10.0 Å². The molecule has 0 saturated heterocycles. The molecule has 8 heteroatoms. The molecule has 1 aliphatic heterocycles. The van der Waals surface area contributed by atoms with E-state index in [0.717, 1.165) is 21.9 Å². The zero-order valence-corrected chi connectivity index (χ0v) is 15.5. The number of nitrogens with one attached hydrogen (secondary N) is 2. The van der Waals surface area contributed by atoms with E-state index < -0.39 is 15.8 Å². The Kier molecular flexibility index (Phi) is 4.98. The number of hydrogen-bond acceptors (Lipinski definition) is 5. The van der Waals surface area contributed by atoms with Gasteiger partial charge in [0.15, 0.2) is 5.79 Å². The summed E-state index contributed by atoms with van der Waals surface area (Å²) >= 11 is 1.41. The molecule has 0 aliphatic carbocycles. The molecule has 1 aliphatic rings. The third kappa shape index (κ3) is 4.19. The minimum atomic E-state index is -3.40. The minimum absolute atomic E-state index is 0.164. The Hall–Kier alpha value is -1.25. The molecule has 0 saturated carbocycles. The summed E-state index contributed by atoms with van der Waals surface area (Å²) < 4.78 is 39.4. The van der Waals surface area contributed by atoms with Gasteiger partial charge >= 0.3 is 0 Å². The molecule has 0 spiro atoms. The molecule has 1 aromatic rings. The van der Waals surface area contributed by atoms with Crippen LogP contribution in [0.15, 0.2) is 39.9 Å². The lowest BCUT2D eigenvalue weighted by molar-refractivity contribution is 0.175. The van der Waals surface area contributed by atoms with Crippen LogP contribution >= 0.6 is 11.8 Å². The van der Waals surface area contributed by atoms with Crippen molar-refractivity contribution < 1.29 is 12.8 Å². The second-order valence-corrected chi connectivity index (χ2v) is 8.87. The van der Waals surface area contributed by atoms with Crippen molar-refractivity contribution in [1.29, 1.82) is 0 Å². The predicted octanol–water partition coefficient (Wildman–Crippen LogP) is 2.50. The SMILES string of the molecule is CC(C)C1=C(Sc2cccc(F)c2)N(C)C(C)(NS(C)(=O)=O)N1. The molecule has 2 rings (SSSR count). The van der Waals surface area contributed by atoms with E-state index in [1.54, 1.807) is 13.0 Å². The van der Waals surface area contributed by atoms with Crippen molar-refractivity contribution in [1.82, 2.24) is 14.9 Å². The summed E-state index contributed by atoms with van der Waals surface area (Å²) in [5.41, 5.74) is 0.917. The molecule has 0 aromatic heterocycles. The maximum atomic E-state index is 13.4. The van der Waals surface area contributed by atoms with Gasteiger partial charge in [0.05, 0.1) is 11.3 Å². The van der Waals surface area contributed by atoms with Crippen molar-refractivity contribution in [2.24, 2.45) is 5.92 Å². The Morgan fingerprint density at radius 2 is 2.04 bits per heavy atom. The monoisotopic (exact) mass is 359 g/mol. The van der Waals surface area contributed by atoms with Crippen LogP contribution in [0.25, 0.3) is 0 Å². The first-order chi connectivity index (χ1) is 10.5. The summed E-state index contributed by atoms with van der Waals surface area (Å²) in [5.74, 6) is -1.09. The van der Waals surface area contributed by atoms with Gasteiger partial charge in [-0.25, -0.2) is 12.8 Å². The molecule has 2 N–H and O–H groups in total. The molecule has 1 atom stereocenters. The van der Waals surface area contributed by atoms with Crippen LogP contribution in [-0.4, -0.2) is 32.4 Å². The predicted molar refractivity (Wildman–Crippen MR) is 91.4 cm³/mol. The lowest BCUT2D eigenvalue weighted by atomic mass is 10.1. The van der Waals surface area contributed by atoms with Crippen molar-refractivity contribution in [3.05, 3.63) is 40.8 Å². The van der Waals surface area contributed by atoms with Crippen molar-refractivity contribution in [2.45, 2.75) is 31.5 Å². The lowest BCUT2D eigenvalue weighted by Gasteiger charge is -2.35. The van der Waals surface area contributed by atoms with E-state index >= 15 is 0 Å². The summed E-state index contributed by atoms with van der Waals surface area (Å²) in [7, 11) is -1.59. The number of nitrogens with zero attached hydrogens (tertiary/aromatic N) is 1. The molecule has 0 bridgehead atoms. The average molecular weight is 359 g/mol. The van der Waals surface area contributed by atoms with E-state index in [1.807, 2.05) is 31.9 Å². The molecule has 0 amide bonds. The molecule has 1 heterocycles. The Morgan fingerprint density at radius 3 is 2.57 bits per heavy atom. The molecular weight excluding hydrogens is 337 g/mol. The van der Waals surface area contributed by atoms with Crippen LogP contribution in [0.1, 0.15) is 20.8 Å². The fourth-order valence-corrected chi connectivity index (χ4v) is 4.56. The minimum Gasteiger partial charge on any atom is -0.351 e. The van der Waals surface area contributed by atoms with Gasteiger partial charge < -0.3 is 10.2 Å².